The van der Waals surface area contributed by atoms with Gasteiger partial charge in [-0.2, -0.15) is 0 Å². The van der Waals surface area contributed by atoms with Gasteiger partial charge in [0, 0.05) is 15.7 Å². The highest BCUT2D eigenvalue weighted by Gasteiger charge is 2.14. The average Bonchev–Trinajstić information content (AvgIpc) is 2.15. The number of hydrogen-bond donors (Lipinski definition) is 1. The minimum absolute atomic E-state index is 0.495. The third-order valence-electron chi connectivity index (χ3n) is 2.03. The number of methoxy groups -OCH3 is 1. The molecule has 0 radical (unpaired) electrons. The van der Waals surface area contributed by atoms with Crippen molar-refractivity contribution in [1.29, 1.82) is 0 Å². The summed E-state index contributed by atoms with van der Waals surface area (Å²) < 4.78 is 5.26. The zero-order valence-electron chi connectivity index (χ0n) is 9.65. The van der Waals surface area contributed by atoms with E-state index in [4.69, 9.17) is 4.74 Å². The van der Waals surface area contributed by atoms with Gasteiger partial charge in [-0.25, -0.2) is 0 Å². The van der Waals surface area contributed by atoms with Gasteiger partial charge in [-0.3, -0.25) is 0 Å². The number of ether oxygens (including phenoxy) is 1. The zero-order valence-corrected chi connectivity index (χ0v) is 10.5. The Morgan fingerprint density at radius 2 is 1.93 bits per heavy atom. The number of thioether (sulfide) groups is 1. The standard InChI is InChI=1S/C12H18O2S/c1-8(2)15-11-7-5-6-10(14-4)12(11)9(3)13/h5-9,13H,1-4H3. The first-order chi connectivity index (χ1) is 7.06. The maximum absolute atomic E-state index is 9.74. The van der Waals surface area contributed by atoms with Crippen LogP contribution >= 0.6 is 11.8 Å². The summed E-state index contributed by atoms with van der Waals surface area (Å²) in [7, 11) is 1.63. The van der Waals surface area contributed by atoms with E-state index < -0.39 is 6.10 Å². The van der Waals surface area contributed by atoms with Gasteiger partial charge in [0.1, 0.15) is 5.75 Å². The Hall–Kier alpha value is -0.670. The summed E-state index contributed by atoms with van der Waals surface area (Å²) in [5.41, 5.74) is 0.888. The van der Waals surface area contributed by atoms with Crippen LogP contribution < -0.4 is 4.74 Å². The molecule has 0 bridgehead atoms. The summed E-state index contributed by atoms with van der Waals surface area (Å²) >= 11 is 1.74. The first-order valence-corrected chi connectivity index (χ1v) is 5.95. The Labute approximate surface area is 95.7 Å². The van der Waals surface area contributed by atoms with Crippen molar-refractivity contribution in [2.75, 3.05) is 7.11 Å². The normalized spacial score (nSPS) is 12.9. The molecular formula is C12H18O2S. The highest BCUT2D eigenvalue weighted by atomic mass is 32.2. The number of rotatable bonds is 4. The van der Waals surface area contributed by atoms with Gasteiger partial charge in [-0.15, -0.1) is 11.8 Å². The fourth-order valence-electron chi connectivity index (χ4n) is 1.47. The molecule has 3 heteroatoms. The van der Waals surface area contributed by atoms with Crippen molar-refractivity contribution in [3.05, 3.63) is 23.8 Å². The van der Waals surface area contributed by atoms with Crippen molar-refractivity contribution < 1.29 is 9.84 Å². The van der Waals surface area contributed by atoms with Crippen molar-refractivity contribution in [2.45, 2.75) is 37.0 Å². The third-order valence-corrected chi connectivity index (χ3v) is 3.11. The lowest BCUT2D eigenvalue weighted by Gasteiger charge is -2.16. The Kier molecular flexibility index (Phi) is 4.48. The van der Waals surface area contributed by atoms with E-state index in [2.05, 4.69) is 13.8 Å². The first-order valence-electron chi connectivity index (χ1n) is 5.08. The van der Waals surface area contributed by atoms with Crippen molar-refractivity contribution >= 4 is 11.8 Å². The highest BCUT2D eigenvalue weighted by Crippen LogP contribution is 2.36. The minimum atomic E-state index is -0.498. The molecule has 0 saturated carbocycles. The van der Waals surface area contributed by atoms with Crippen LogP contribution in [-0.4, -0.2) is 17.5 Å². The molecule has 0 amide bonds. The molecule has 1 aromatic carbocycles. The number of benzene rings is 1. The predicted octanol–water partition coefficient (Wildman–Crippen LogP) is 3.25. The molecule has 1 rings (SSSR count). The van der Waals surface area contributed by atoms with Gasteiger partial charge >= 0.3 is 0 Å². The summed E-state index contributed by atoms with van der Waals surface area (Å²) in [4.78, 5) is 1.10. The average molecular weight is 226 g/mol. The smallest absolute Gasteiger partial charge is 0.125 e. The minimum Gasteiger partial charge on any atom is -0.496 e. The van der Waals surface area contributed by atoms with Crippen molar-refractivity contribution in [3.63, 3.8) is 0 Å². The monoisotopic (exact) mass is 226 g/mol. The second-order valence-corrected chi connectivity index (χ2v) is 5.33. The van der Waals surface area contributed by atoms with E-state index >= 15 is 0 Å². The molecule has 0 aliphatic carbocycles. The van der Waals surface area contributed by atoms with E-state index in [1.54, 1.807) is 25.8 Å². The SMILES string of the molecule is COc1cccc(SC(C)C)c1C(C)O. The van der Waals surface area contributed by atoms with Crippen LogP contribution in [0.25, 0.3) is 0 Å². The Balaban J connectivity index is 3.13. The van der Waals surface area contributed by atoms with Crippen LogP contribution in [0.1, 0.15) is 32.4 Å². The summed E-state index contributed by atoms with van der Waals surface area (Å²) in [5.74, 6) is 0.760. The van der Waals surface area contributed by atoms with E-state index in [0.717, 1.165) is 16.2 Å². The molecule has 0 saturated heterocycles. The van der Waals surface area contributed by atoms with Gasteiger partial charge in [0.2, 0.25) is 0 Å². The first kappa shape index (κ1) is 12.4. The fraction of sp³-hybridized carbons (Fsp3) is 0.500. The van der Waals surface area contributed by atoms with Gasteiger partial charge in [-0.1, -0.05) is 19.9 Å². The van der Waals surface area contributed by atoms with Crippen LogP contribution in [0.3, 0.4) is 0 Å². The quantitative estimate of drug-likeness (QED) is 0.799. The lowest BCUT2D eigenvalue weighted by molar-refractivity contribution is 0.191. The Morgan fingerprint density at radius 1 is 1.27 bits per heavy atom. The van der Waals surface area contributed by atoms with Gasteiger partial charge in [-0.05, 0) is 19.1 Å². The van der Waals surface area contributed by atoms with E-state index in [0.29, 0.717) is 5.25 Å². The Bertz CT molecular complexity index is 321. The molecule has 0 fully saturated rings. The fourth-order valence-corrected chi connectivity index (χ4v) is 2.53. The molecule has 1 atom stereocenters. The van der Waals surface area contributed by atoms with Gasteiger partial charge in [0.15, 0.2) is 0 Å². The molecule has 15 heavy (non-hydrogen) atoms. The van der Waals surface area contributed by atoms with Crippen LogP contribution in [0.2, 0.25) is 0 Å². The predicted molar refractivity (Wildman–Crippen MR) is 64.6 cm³/mol. The molecule has 1 N–H and O–H groups in total. The lowest BCUT2D eigenvalue weighted by atomic mass is 10.1. The summed E-state index contributed by atoms with van der Waals surface area (Å²) in [6.07, 6.45) is -0.498. The number of aliphatic hydroxyl groups is 1. The molecule has 84 valence electrons. The van der Waals surface area contributed by atoms with E-state index in [-0.39, 0.29) is 0 Å². The second-order valence-electron chi connectivity index (χ2n) is 3.71. The molecule has 0 spiro atoms. The molecule has 1 unspecified atom stereocenters. The van der Waals surface area contributed by atoms with Crippen LogP contribution in [-0.2, 0) is 0 Å². The highest BCUT2D eigenvalue weighted by molar-refractivity contribution is 8.00. The molecule has 1 aromatic rings. The number of hydrogen-bond acceptors (Lipinski definition) is 3. The van der Waals surface area contributed by atoms with Crippen molar-refractivity contribution in [2.24, 2.45) is 0 Å². The molecule has 0 heterocycles. The van der Waals surface area contributed by atoms with Gasteiger partial charge < -0.3 is 9.84 Å². The molecule has 2 nitrogen and oxygen atoms in total. The third kappa shape index (κ3) is 3.14. The zero-order chi connectivity index (χ0) is 11.4. The summed E-state index contributed by atoms with van der Waals surface area (Å²) in [6.45, 7) is 6.04. The topological polar surface area (TPSA) is 29.5 Å². The Morgan fingerprint density at radius 3 is 2.40 bits per heavy atom. The second kappa shape index (κ2) is 5.42. The van der Waals surface area contributed by atoms with E-state index in [1.807, 2.05) is 18.2 Å². The van der Waals surface area contributed by atoms with Crippen molar-refractivity contribution in [1.82, 2.24) is 0 Å². The van der Waals surface area contributed by atoms with Gasteiger partial charge in [0.05, 0.1) is 13.2 Å². The van der Waals surface area contributed by atoms with Gasteiger partial charge in [0.25, 0.3) is 0 Å². The van der Waals surface area contributed by atoms with E-state index in [1.165, 1.54) is 0 Å². The molecule has 0 aliphatic heterocycles. The van der Waals surface area contributed by atoms with Crippen molar-refractivity contribution in [3.8, 4) is 5.75 Å². The molecular weight excluding hydrogens is 208 g/mol. The molecule has 0 aromatic heterocycles. The van der Waals surface area contributed by atoms with Crippen LogP contribution in [0.4, 0.5) is 0 Å². The van der Waals surface area contributed by atoms with Crippen LogP contribution in [0.5, 0.6) is 5.75 Å². The summed E-state index contributed by atoms with van der Waals surface area (Å²) in [6, 6.07) is 5.86. The maximum Gasteiger partial charge on any atom is 0.125 e. The summed E-state index contributed by atoms with van der Waals surface area (Å²) in [5, 5.41) is 10.2. The van der Waals surface area contributed by atoms with E-state index in [9.17, 15) is 5.11 Å². The molecule has 0 aliphatic rings. The van der Waals surface area contributed by atoms with Crippen LogP contribution in [0.15, 0.2) is 23.1 Å². The maximum atomic E-state index is 9.74. The number of aliphatic hydroxyl groups excluding tert-OH is 1. The van der Waals surface area contributed by atoms with Crippen LogP contribution in [0, 0.1) is 0 Å². The largest absolute Gasteiger partial charge is 0.496 e. The lowest BCUT2D eigenvalue weighted by Crippen LogP contribution is -2.00.